The van der Waals surface area contributed by atoms with Gasteiger partial charge in [-0.3, -0.25) is 0 Å². The average molecular weight is 194 g/mol. The van der Waals surface area contributed by atoms with Gasteiger partial charge in [-0.15, -0.1) is 0 Å². The lowest BCUT2D eigenvalue weighted by Crippen LogP contribution is -2.24. The average Bonchev–Trinajstić information content (AvgIpc) is 2.25. The Morgan fingerprint density at radius 2 is 2.00 bits per heavy atom. The van der Waals surface area contributed by atoms with Gasteiger partial charge in [0.15, 0.2) is 0 Å². The molecule has 0 bridgehead atoms. The molecule has 0 spiro atoms. The zero-order valence-corrected chi connectivity index (χ0v) is 8.32. The summed E-state index contributed by atoms with van der Waals surface area (Å²) >= 11 is 0. The van der Waals surface area contributed by atoms with Gasteiger partial charge in [0.1, 0.15) is 0 Å². The molecule has 14 heavy (non-hydrogen) atoms. The van der Waals surface area contributed by atoms with Crippen LogP contribution in [-0.2, 0) is 0 Å². The van der Waals surface area contributed by atoms with Crippen LogP contribution in [0.4, 0.5) is 0 Å². The lowest BCUT2D eigenvalue weighted by Gasteiger charge is -2.11. The molecule has 0 radical (unpaired) electrons. The summed E-state index contributed by atoms with van der Waals surface area (Å²) in [6.45, 7) is 2.14. The first kappa shape index (κ1) is 11.2. The van der Waals surface area contributed by atoms with Gasteiger partial charge in [-0.05, 0) is 25.1 Å². The van der Waals surface area contributed by atoms with Gasteiger partial charge in [0.25, 0.3) is 0 Å². The summed E-state index contributed by atoms with van der Waals surface area (Å²) in [7, 11) is 0. The van der Waals surface area contributed by atoms with Gasteiger partial charge in [-0.1, -0.05) is 30.3 Å². The van der Waals surface area contributed by atoms with E-state index in [0.29, 0.717) is 13.1 Å². The highest BCUT2D eigenvalue weighted by atomic mass is 16.3. The first-order valence-electron chi connectivity index (χ1n) is 4.98. The van der Waals surface area contributed by atoms with Gasteiger partial charge in [0.2, 0.25) is 0 Å². The van der Waals surface area contributed by atoms with Crippen LogP contribution < -0.4 is 11.1 Å². The summed E-state index contributed by atoms with van der Waals surface area (Å²) in [6.07, 6.45) is 0.524. The zero-order valence-electron chi connectivity index (χ0n) is 8.32. The standard InChI is InChI=1S/C11H18N2O/c12-7-4-8-13-9-11(14)10-5-2-1-3-6-10/h1-3,5-6,11,13-14H,4,7-9,12H2. The van der Waals surface area contributed by atoms with Crippen molar-refractivity contribution in [2.75, 3.05) is 19.6 Å². The number of nitrogens with one attached hydrogen (secondary N) is 1. The maximum atomic E-state index is 9.73. The fraction of sp³-hybridized carbons (Fsp3) is 0.455. The Balaban J connectivity index is 2.25. The SMILES string of the molecule is NCCCNCC(O)c1ccccc1. The molecule has 3 nitrogen and oxygen atoms in total. The predicted molar refractivity (Wildman–Crippen MR) is 57.9 cm³/mol. The monoisotopic (exact) mass is 194 g/mol. The van der Waals surface area contributed by atoms with E-state index in [1.807, 2.05) is 30.3 Å². The Morgan fingerprint density at radius 3 is 2.64 bits per heavy atom. The van der Waals surface area contributed by atoms with Crippen molar-refractivity contribution in [2.45, 2.75) is 12.5 Å². The van der Waals surface area contributed by atoms with Crippen molar-refractivity contribution in [3.05, 3.63) is 35.9 Å². The normalized spacial score (nSPS) is 12.7. The van der Waals surface area contributed by atoms with E-state index in [0.717, 1.165) is 18.5 Å². The lowest BCUT2D eigenvalue weighted by atomic mass is 10.1. The van der Waals surface area contributed by atoms with Crippen LogP contribution in [0, 0.1) is 0 Å². The smallest absolute Gasteiger partial charge is 0.0914 e. The molecule has 0 amide bonds. The minimum atomic E-state index is -0.422. The van der Waals surface area contributed by atoms with Crippen LogP contribution in [0.1, 0.15) is 18.1 Å². The van der Waals surface area contributed by atoms with Gasteiger partial charge in [0.05, 0.1) is 6.10 Å². The Bertz CT molecular complexity index is 238. The number of aliphatic hydroxyl groups excluding tert-OH is 1. The Morgan fingerprint density at radius 1 is 1.29 bits per heavy atom. The first-order valence-corrected chi connectivity index (χ1v) is 4.98. The van der Waals surface area contributed by atoms with Crippen LogP contribution in [0.15, 0.2) is 30.3 Å². The lowest BCUT2D eigenvalue weighted by molar-refractivity contribution is 0.175. The fourth-order valence-electron chi connectivity index (χ4n) is 1.26. The van der Waals surface area contributed by atoms with E-state index in [-0.39, 0.29) is 0 Å². The van der Waals surface area contributed by atoms with Crippen molar-refractivity contribution in [2.24, 2.45) is 5.73 Å². The summed E-state index contributed by atoms with van der Waals surface area (Å²) < 4.78 is 0. The second-order valence-electron chi connectivity index (χ2n) is 3.27. The minimum absolute atomic E-state index is 0.422. The van der Waals surface area contributed by atoms with Gasteiger partial charge >= 0.3 is 0 Å². The third-order valence-electron chi connectivity index (χ3n) is 2.08. The van der Waals surface area contributed by atoms with Crippen molar-refractivity contribution in [3.8, 4) is 0 Å². The van der Waals surface area contributed by atoms with Crippen molar-refractivity contribution in [3.63, 3.8) is 0 Å². The zero-order chi connectivity index (χ0) is 10.2. The summed E-state index contributed by atoms with van der Waals surface area (Å²) in [5, 5.41) is 12.9. The Labute approximate surface area is 84.9 Å². The molecule has 0 fully saturated rings. The molecule has 0 aliphatic rings. The van der Waals surface area contributed by atoms with Crippen molar-refractivity contribution >= 4 is 0 Å². The van der Waals surface area contributed by atoms with Crippen LogP contribution in [0.5, 0.6) is 0 Å². The molecule has 0 heterocycles. The number of hydrogen-bond donors (Lipinski definition) is 3. The number of benzene rings is 1. The van der Waals surface area contributed by atoms with Gasteiger partial charge in [-0.2, -0.15) is 0 Å². The molecular weight excluding hydrogens is 176 g/mol. The molecule has 1 rings (SSSR count). The molecule has 0 aromatic heterocycles. The molecule has 1 atom stereocenters. The molecule has 4 N–H and O–H groups in total. The first-order chi connectivity index (χ1) is 6.84. The molecule has 0 aliphatic carbocycles. The highest BCUT2D eigenvalue weighted by molar-refractivity contribution is 5.17. The number of nitrogens with two attached hydrogens (primary N) is 1. The molecule has 1 unspecified atom stereocenters. The van der Waals surface area contributed by atoms with E-state index < -0.39 is 6.10 Å². The second kappa shape index (κ2) is 6.54. The third kappa shape index (κ3) is 3.87. The highest BCUT2D eigenvalue weighted by Gasteiger charge is 2.04. The fourth-order valence-corrected chi connectivity index (χ4v) is 1.26. The molecule has 0 aliphatic heterocycles. The molecule has 78 valence electrons. The minimum Gasteiger partial charge on any atom is -0.387 e. The number of hydrogen-bond acceptors (Lipinski definition) is 3. The molecule has 1 aromatic carbocycles. The van der Waals surface area contributed by atoms with E-state index in [4.69, 9.17) is 5.73 Å². The van der Waals surface area contributed by atoms with E-state index in [1.165, 1.54) is 0 Å². The summed E-state index contributed by atoms with van der Waals surface area (Å²) in [4.78, 5) is 0. The van der Waals surface area contributed by atoms with Crippen LogP contribution >= 0.6 is 0 Å². The van der Waals surface area contributed by atoms with Crippen molar-refractivity contribution < 1.29 is 5.11 Å². The van der Waals surface area contributed by atoms with Crippen LogP contribution in [0.3, 0.4) is 0 Å². The summed E-state index contributed by atoms with van der Waals surface area (Å²) in [5.74, 6) is 0. The Kier molecular flexibility index (Phi) is 5.22. The topological polar surface area (TPSA) is 58.3 Å². The van der Waals surface area contributed by atoms with E-state index in [1.54, 1.807) is 0 Å². The van der Waals surface area contributed by atoms with Gasteiger partial charge in [0, 0.05) is 6.54 Å². The van der Waals surface area contributed by atoms with E-state index in [9.17, 15) is 5.11 Å². The molecule has 3 heteroatoms. The van der Waals surface area contributed by atoms with Gasteiger partial charge < -0.3 is 16.2 Å². The summed E-state index contributed by atoms with van der Waals surface area (Å²) in [5.41, 5.74) is 6.31. The molecule has 0 saturated heterocycles. The second-order valence-corrected chi connectivity index (χ2v) is 3.27. The molecule has 1 aromatic rings. The molecular formula is C11H18N2O. The van der Waals surface area contributed by atoms with Crippen LogP contribution in [0.25, 0.3) is 0 Å². The van der Waals surface area contributed by atoms with Crippen molar-refractivity contribution in [1.29, 1.82) is 0 Å². The van der Waals surface area contributed by atoms with E-state index in [2.05, 4.69) is 5.32 Å². The third-order valence-corrected chi connectivity index (χ3v) is 2.08. The highest BCUT2D eigenvalue weighted by Crippen LogP contribution is 2.10. The molecule has 0 saturated carbocycles. The Hall–Kier alpha value is -0.900. The quantitative estimate of drug-likeness (QED) is 0.583. The number of rotatable bonds is 6. The summed E-state index contributed by atoms with van der Waals surface area (Å²) in [6, 6.07) is 9.65. The predicted octanol–water partition coefficient (Wildman–Crippen LogP) is 0.658. The van der Waals surface area contributed by atoms with Crippen molar-refractivity contribution in [1.82, 2.24) is 5.32 Å². The van der Waals surface area contributed by atoms with Crippen LogP contribution in [-0.4, -0.2) is 24.7 Å². The van der Waals surface area contributed by atoms with Gasteiger partial charge in [-0.25, -0.2) is 0 Å². The number of aliphatic hydroxyl groups is 1. The maximum absolute atomic E-state index is 9.73. The van der Waals surface area contributed by atoms with Crippen LogP contribution in [0.2, 0.25) is 0 Å². The maximum Gasteiger partial charge on any atom is 0.0914 e. The van der Waals surface area contributed by atoms with E-state index >= 15 is 0 Å². The largest absolute Gasteiger partial charge is 0.387 e.